The van der Waals surface area contributed by atoms with E-state index in [-0.39, 0.29) is 6.04 Å². The van der Waals surface area contributed by atoms with Crippen LogP contribution in [0.4, 0.5) is 0 Å². The van der Waals surface area contributed by atoms with Crippen LogP contribution in [0.15, 0.2) is 39.4 Å². The topological polar surface area (TPSA) is 48.4 Å². The van der Waals surface area contributed by atoms with Gasteiger partial charge in [0.2, 0.25) is 0 Å². The summed E-state index contributed by atoms with van der Waals surface area (Å²) in [7, 11) is 0. The summed E-state index contributed by atoms with van der Waals surface area (Å²) in [4.78, 5) is 0. The average molecular weight is 324 g/mol. The Balaban J connectivity index is 2.22. The summed E-state index contributed by atoms with van der Waals surface area (Å²) in [5.41, 5.74) is 8.30. The fourth-order valence-electron chi connectivity index (χ4n) is 1.94. The van der Waals surface area contributed by atoms with Crippen molar-refractivity contribution in [2.24, 2.45) is 5.73 Å². The van der Waals surface area contributed by atoms with E-state index in [1.807, 2.05) is 31.2 Å². The van der Waals surface area contributed by atoms with Crippen LogP contribution in [0.25, 0.3) is 0 Å². The first-order valence-corrected chi connectivity index (χ1v) is 7.14. The summed E-state index contributed by atoms with van der Waals surface area (Å²) in [6.07, 6.45) is 2.65. The van der Waals surface area contributed by atoms with E-state index in [4.69, 9.17) is 14.9 Å². The van der Waals surface area contributed by atoms with Crippen molar-refractivity contribution in [3.05, 3.63) is 51.9 Å². The summed E-state index contributed by atoms with van der Waals surface area (Å²) < 4.78 is 11.9. The van der Waals surface area contributed by atoms with Crippen molar-refractivity contribution in [1.29, 1.82) is 0 Å². The third-order valence-electron chi connectivity index (χ3n) is 3.01. The zero-order valence-electron chi connectivity index (χ0n) is 11.2. The van der Waals surface area contributed by atoms with Crippen LogP contribution in [0.3, 0.4) is 0 Å². The molecule has 4 heteroatoms. The van der Waals surface area contributed by atoms with Gasteiger partial charge in [0, 0.05) is 5.56 Å². The maximum absolute atomic E-state index is 6.26. The molecule has 0 aliphatic rings. The first-order chi connectivity index (χ1) is 9.13. The van der Waals surface area contributed by atoms with Crippen molar-refractivity contribution < 1.29 is 9.15 Å². The van der Waals surface area contributed by atoms with E-state index >= 15 is 0 Å². The van der Waals surface area contributed by atoms with Gasteiger partial charge in [-0.2, -0.15) is 0 Å². The number of furan rings is 1. The third kappa shape index (κ3) is 3.19. The van der Waals surface area contributed by atoms with Gasteiger partial charge in [-0.05, 0) is 53.0 Å². The molecule has 1 heterocycles. The molecule has 2 aromatic rings. The Morgan fingerprint density at radius 1 is 1.37 bits per heavy atom. The van der Waals surface area contributed by atoms with Crippen molar-refractivity contribution in [1.82, 2.24) is 0 Å². The van der Waals surface area contributed by atoms with Crippen LogP contribution in [-0.2, 0) is 0 Å². The lowest BCUT2D eigenvalue weighted by Gasteiger charge is -2.14. The predicted molar refractivity (Wildman–Crippen MR) is 79.4 cm³/mol. The summed E-state index contributed by atoms with van der Waals surface area (Å²) >= 11 is 3.52. The van der Waals surface area contributed by atoms with E-state index in [0.717, 1.165) is 33.5 Å². The van der Waals surface area contributed by atoms with Gasteiger partial charge in [-0.3, -0.25) is 0 Å². The molecule has 1 atom stereocenters. The smallest absolute Gasteiger partial charge is 0.133 e. The number of nitrogens with two attached hydrogens (primary N) is 1. The molecule has 0 fully saturated rings. The van der Waals surface area contributed by atoms with Gasteiger partial charge in [-0.25, -0.2) is 0 Å². The highest BCUT2D eigenvalue weighted by Crippen LogP contribution is 2.31. The number of ether oxygens (including phenoxy) is 1. The minimum absolute atomic E-state index is 0.185. The average Bonchev–Trinajstić information content (AvgIpc) is 2.82. The van der Waals surface area contributed by atoms with Gasteiger partial charge in [0.15, 0.2) is 0 Å². The van der Waals surface area contributed by atoms with Gasteiger partial charge in [-0.1, -0.05) is 13.0 Å². The van der Waals surface area contributed by atoms with Gasteiger partial charge in [-0.15, -0.1) is 0 Å². The highest BCUT2D eigenvalue weighted by Gasteiger charge is 2.15. The van der Waals surface area contributed by atoms with Gasteiger partial charge < -0.3 is 14.9 Å². The van der Waals surface area contributed by atoms with Crippen molar-refractivity contribution in [2.75, 3.05) is 6.61 Å². The van der Waals surface area contributed by atoms with Gasteiger partial charge in [0.05, 0.1) is 23.4 Å². The Bertz CT molecular complexity index is 551. The Labute approximate surface area is 121 Å². The van der Waals surface area contributed by atoms with Crippen LogP contribution < -0.4 is 10.5 Å². The second-order valence-corrected chi connectivity index (χ2v) is 5.30. The minimum atomic E-state index is -0.185. The molecular weight excluding hydrogens is 306 g/mol. The van der Waals surface area contributed by atoms with Crippen molar-refractivity contribution in [2.45, 2.75) is 26.3 Å². The zero-order valence-corrected chi connectivity index (χ0v) is 12.7. The van der Waals surface area contributed by atoms with Crippen LogP contribution in [-0.4, -0.2) is 6.61 Å². The molecule has 0 amide bonds. The molecule has 0 saturated heterocycles. The SMILES string of the molecule is CCCOc1ccc(C(N)c2ccoc2C)cc1Br. The van der Waals surface area contributed by atoms with E-state index < -0.39 is 0 Å². The van der Waals surface area contributed by atoms with E-state index in [1.54, 1.807) is 6.26 Å². The molecule has 19 heavy (non-hydrogen) atoms. The van der Waals surface area contributed by atoms with Crippen LogP contribution in [0.2, 0.25) is 0 Å². The van der Waals surface area contributed by atoms with Crippen LogP contribution in [0, 0.1) is 6.92 Å². The zero-order chi connectivity index (χ0) is 13.8. The molecule has 2 rings (SSSR count). The molecule has 0 aliphatic carbocycles. The number of hydrogen-bond donors (Lipinski definition) is 1. The normalized spacial score (nSPS) is 12.4. The van der Waals surface area contributed by atoms with Crippen LogP contribution in [0.1, 0.15) is 36.3 Å². The lowest BCUT2D eigenvalue weighted by molar-refractivity contribution is 0.315. The van der Waals surface area contributed by atoms with Gasteiger partial charge in [0.1, 0.15) is 11.5 Å². The quantitative estimate of drug-likeness (QED) is 0.897. The van der Waals surface area contributed by atoms with Crippen molar-refractivity contribution in [3.63, 3.8) is 0 Å². The maximum Gasteiger partial charge on any atom is 0.133 e. The van der Waals surface area contributed by atoms with Crippen LogP contribution >= 0.6 is 15.9 Å². The van der Waals surface area contributed by atoms with E-state index in [2.05, 4.69) is 22.9 Å². The monoisotopic (exact) mass is 323 g/mol. The maximum atomic E-state index is 6.26. The molecule has 0 saturated carbocycles. The number of hydrogen-bond acceptors (Lipinski definition) is 3. The minimum Gasteiger partial charge on any atom is -0.492 e. The molecule has 102 valence electrons. The van der Waals surface area contributed by atoms with Gasteiger partial charge in [0.25, 0.3) is 0 Å². The number of benzene rings is 1. The second kappa shape index (κ2) is 6.26. The second-order valence-electron chi connectivity index (χ2n) is 4.45. The van der Waals surface area contributed by atoms with E-state index in [9.17, 15) is 0 Å². The number of halogens is 1. The predicted octanol–water partition coefficient (Wildman–Crippen LogP) is 4.19. The molecular formula is C15H18BrNO2. The van der Waals surface area contributed by atoms with Crippen molar-refractivity contribution in [3.8, 4) is 5.75 Å². The lowest BCUT2D eigenvalue weighted by atomic mass is 10.0. The van der Waals surface area contributed by atoms with E-state index in [1.165, 1.54) is 0 Å². The molecule has 1 aromatic heterocycles. The Morgan fingerprint density at radius 2 is 2.16 bits per heavy atom. The summed E-state index contributed by atoms with van der Waals surface area (Å²) in [5.74, 6) is 1.71. The van der Waals surface area contributed by atoms with Crippen LogP contribution in [0.5, 0.6) is 5.75 Å². The largest absolute Gasteiger partial charge is 0.492 e. The standard InChI is InChI=1S/C15H18BrNO2/c1-3-7-19-14-5-4-11(9-13(14)16)15(17)12-6-8-18-10(12)2/h4-6,8-9,15H,3,7,17H2,1-2H3. The van der Waals surface area contributed by atoms with E-state index in [0.29, 0.717) is 6.61 Å². The Hall–Kier alpha value is -1.26. The number of rotatable bonds is 5. The fraction of sp³-hybridized carbons (Fsp3) is 0.333. The molecule has 0 spiro atoms. The molecule has 2 N–H and O–H groups in total. The summed E-state index contributed by atoms with van der Waals surface area (Å²) in [6.45, 7) is 4.72. The molecule has 1 aromatic carbocycles. The number of aryl methyl sites for hydroxylation is 1. The Kier molecular flexibility index (Phi) is 4.66. The molecule has 0 radical (unpaired) electrons. The fourth-order valence-corrected chi connectivity index (χ4v) is 2.45. The first kappa shape index (κ1) is 14.2. The molecule has 3 nitrogen and oxygen atoms in total. The first-order valence-electron chi connectivity index (χ1n) is 6.35. The van der Waals surface area contributed by atoms with Crippen molar-refractivity contribution >= 4 is 15.9 Å². The molecule has 1 unspecified atom stereocenters. The molecule has 0 aliphatic heterocycles. The molecule has 0 bridgehead atoms. The third-order valence-corrected chi connectivity index (χ3v) is 3.63. The van der Waals surface area contributed by atoms with Gasteiger partial charge >= 0.3 is 0 Å². The summed E-state index contributed by atoms with van der Waals surface area (Å²) in [6, 6.07) is 7.67. The highest BCUT2D eigenvalue weighted by molar-refractivity contribution is 9.10. The summed E-state index contributed by atoms with van der Waals surface area (Å²) in [5, 5.41) is 0. The Morgan fingerprint density at radius 3 is 2.74 bits per heavy atom. The lowest BCUT2D eigenvalue weighted by Crippen LogP contribution is -2.12. The highest BCUT2D eigenvalue weighted by atomic mass is 79.9.